The first kappa shape index (κ1) is 17.2. The Kier molecular flexibility index (Phi) is 4.32. The Hall–Kier alpha value is -2.19. The number of aromatic nitrogens is 2. The summed E-state index contributed by atoms with van der Waals surface area (Å²) < 4.78 is 26.2. The first-order chi connectivity index (χ1) is 12.4. The minimum atomic E-state index is -3.16. The van der Waals surface area contributed by atoms with E-state index in [9.17, 15) is 13.2 Å². The Morgan fingerprint density at radius 2 is 1.85 bits per heavy atom. The van der Waals surface area contributed by atoms with Crippen LogP contribution in [-0.4, -0.2) is 70.6 Å². The van der Waals surface area contributed by atoms with Crippen molar-refractivity contribution in [3.63, 3.8) is 0 Å². The number of sulfone groups is 1. The number of amides is 1. The number of benzene rings is 1. The number of rotatable bonds is 3. The van der Waals surface area contributed by atoms with Gasteiger partial charge in [0.25, 0.3) is 5.91 Å². The maximum atomic E-state index is 13.0. The standard InChI is InChI=1S/C18H22N4O3S/c1-20-15(7-8-19-20)18(23)22-10-9-21(11-14-5-3-2-4-6-14)16-12-26(24,25)13-17(16)22/h2-8,16-17H,9-13H2,1H3/t16-,17+/m1/s1. The van der Waals surface area contributed by atoms with Crippen molar-refractivity contribution < 1.29 is 13.2 Å². The molecule has 0 N–H and O–H groups in total. The topological polar surface area (TPSA) is 75.5 Å². The fourth-order valence-corrected chi connectivity index (χ4v) is 6.03. The fraction of sp³-hybridized carbons (Fsp3) is 0.444. The zero-order valence-electron chi connectivity index (χ0n) is 14.7. The molecule has 138 valence electrons. The minimum absolute atomic E-state index is 0.0343. The summed E-state index contributed by atoms with van der Waals surface area (Å²) in [5, 5.41) is 4.06. The summed E-state index contributed by atoms with van der Waals surface area (Å²) in [5.74, 6) is 0.00289. The van der Waals surface area contributed by atoms with Gasteiger partial charge in [-0.15, -0.1) is 0 Å². The number of piperazine rings is 1. The van der Waals surface area contributed by atoms with Crippen LogP contribution >= 0.6 is 0 Å². The summed E-state index contributed by atoms with van der Waals surface area (Å²) in [6.45, 7) is 1.88. The average Bonchev–Trinajstić information content (AvgIpc) is 3.17. The van der Waals surface area contributed by atoms with Crippen molar-refractivity contribution in [1.82, 2.24) is 19.6 Å². The maximum Gasteiger partial charge on any atom is 0.272 e. The highest BCUT2D eigenvalue weighted by Gasteiger charge is 2.48. The van der Waals surface area contributed by atoms with Crippen LogP contribution in [0.2, 0.25) is 0 Å². The van der Waals surface area contributed by atoms with Gasteiger partial charge < -0.3 is 4.90 Å². The molecule has 2 aliphatic heterocycles. The Labute approximate surface area is 153 Å². The molecule has 1 aromatic heterocycles. The van der Waals surface area contributed by atoms with E-state index in [-0.39, 0.29) is 29.5 Å². The zero-order valence-corrected chi connectivity index (χ0v) is 15.5. The van der Waals surface area contributed by atoms with Crippen LogP contribution in [0.1, 0.15) is 16.1 Å². The molecule has 0 unspecified atom stereocenters. The third-order valence-electron chi connectivity index (χ3n) is 5.32. The molecule has 26 heavy (non-hydrogen) atoms. The molecule has 3 heterocycles. The van der Waals surface area contributed by atoms with Crippen LogP contribution in [0.25, 0.3) is 0 Å². The number of aryl methyl sites for hydroxylation is 1. The van der Waals surface area contributed by atoms with E-state index in [1.807, 2.05) is 30.3 Å². The van der Waals surface area contributed by atoms with Crippen LogP contribution in [0.5, 0.6) is 0 Å². The van der Waals surface area contributed by atoms with Gasteiger partial charge in [0.05, 0.1) is 17.5 Å². The van der Waals surface area contributed by atoms with E-state index in [2.05, 4.69) is 10.00 Å². The highest BCUT2D eigenvalue weighted by atomic mass is 32.2. The van der Waals surface area contributed by atoms with Gasteiger partial charge in [-0.3, -0.25) is 14.4 Å². The van der Waals surface area contributed by atoms with Crippen molar-refractivity contribution in [1.29, 1.82) is 0 Å². The van der Waals surface area contributed by atoms with Crippen molar-refractivity contribution in [2.75, 3.05) is 24.6 Å². The molecule has 1 amide bonds. The lowest BCUT2D eigenvalue weighted by atomic mass is 10.0. The van der Waals surface area contributed by atoms with E-state index >= 15 is 0 Å². The Morgan fingerprint density at radius 1 is 1.12 bits per heavy atom. The molecule has 0 saturated carbocycles. The zero-order chi connectivity index (χ0) is 18.3. The van der Waals surface area contributed by atoms with Crippen LogP contribution in [0, 0.1) is 0 Å². The minimum Gasteiger partial charge on any atom is -0.330 e. The van der Waals surface area contributed by atoms with Crippen molar-refractivity contribution >= 4 is 15.7 Å². The summed E-state index contributed by atoms with van der Waals surface area (Å²) in [5.41, 5.74) is 1.64. The van der Waals surface area contributed by atoms with Crippen LogP contribution in [-0.2, 0) is 23.4 Å². The third-order valence-corrected chi connectivity index (χ3v) is 7.02. The first-order valence-corrected chi connectivity index (χ1v) is 10.5. The van der Waals surface area contributed by atoms with E-state index in [0.717, 1.165) is 5.56 Å². The molecule has 0 bridgehead atoms. The SMILES string of the molecule is Cn1nccc1C(=O)N1CCN(Cc2ccccc2)[C@@H]2CS(=O)(=O)C[C@@H]21. The van der Waals surface area contributed by atoms with Gasteiger partial charge in [-0.25, -0.2) is 8.42 Å². The predicted octanol–water partition coefficient (Wildman–Crippen LogP) is 0.544. The largest absolute Gasteiger partial charge is 0.330 e. The molecule has 0 spiro atoms. The molecular weight excluding hydrogens is 352 g/mol. The molecule has 2 aliphatic rings. The number of carbonyl (C=O) groups excluding carboxylic acids is 1. The van der Waals surface area contributed by atoms with Crippen molar-refractivity contribution in [2.45, 2.75) is 18.6 Å². The summed E-state index contributed by atoms with van der Waals surface area (Å²) in [7, 11) is -1.43. The average molecular weight is 374 g/mol. The molecule has 2 fully saturated rings. The summed E-state index contributed by atoms with van der Waals surface area (Å²) in [4.78, 5) is 16.9. The quantitative estimate of drug-likeness (QED) is 0.784. The lowest BCUT2D eigenvalue weighted by molar-refractivity contribution is 0.0298. The molecule has 2 saturated heterocycles. The van der Waals surface area contributed by atoms with Gasteiger partial charge in [0.15, 0.2) is 9.84 Å². The normalized spacial score (nSPS) is 25.2. The number of hydrogen-bond acceptors (Lipinski definition) is 5. The van der Waals surface area contributed by atoms with Gasteiger partial charge in [-0.2, -0.15) is 5.10 Å². The second-order valence-corrected chi connectivity index (χ2v) is 9.16. The van der Waals surface area contributed by atoms with Gasteiger partial charge >= 0.3 is 0 Å². The maximum absolute atomic E-state index is 13.0. The lowest BCUT2D eigenvalue weighted by Crippen LogP contribution is -2.60. The first-order valence-electron chi connectivity index (χ1n) is 8.72. The van der Waals surface area contributed by atoms with Crippen LogP contribution < -0.4 is 0 Å². The van der Waals surface area contributed by atoms with Crippen molar-refractivity contribution in [3.8, 4) is 0 Å². The highest BCUT2D eigenvalue weighted by molar-refractivity contribution is 7.91. The molecule has 7 nitrogen and oxygen atoms in total. The molecule has 4 rings (SSSR count). The van der Waals surface area contributed by atoms with Crippen molar-refractivity contribution in [3.05, 3.63) is 53.9 Å². The molecule has 2 atom stereocenters. The Balaban J connectivity index is 1.60. The van der Waals surface area contributed by atoms with Gasteiger partial charge in [0.1, 0.15) is 5.69 Å². The van der Waals surface area contributed by atoms with Crippen molar-refractivity contribution in [2.24, 2.45) is 7.05 Å². The highest BCUT2D eigenvalue weighted by Crippen LogP contribution is 2.29. The number of hydrogen-bond donors (Lipinski definition) is 0. The van der Waals surface area contributed by atoms with E-state index in [0.29, 0.717) is 25.3 Å². The smallest absolute Gasteiger partial charge is 0.272 e. The monoisotopic (exact) mass is 374 g/mol. The molecule has 0 radical (unpaired) electrons. The van der Waals surface area contributed by atoms with Crippen LogP contribution in [0.3, 0.4) is 0 Å². The predicted molar refractivity (Wildman–Crippen MR) is 97.3 cm³/mol. The fourth-order valence-electron chi connectivity index (χ4n) is 4.02. The third kappa shape index (κ3) is 3.14. The summed E-state index contributed by atoms with van der Waals surface area (Å²) in [6.07, 6.45) is 1.59. The van der Waals surface area contributed by atoms with E-state index < -0.39 is 9.84 Å². The van der Waals surface area contributed by atoms with Gasteiger partial charge in [0.2, 0.25) is 0 Å². The summed E-state index contributed by atoms with van der Waals surface area (Å²) in [6, 6.07) is 11.2. The van der Waals surface area contributed by atoms with E-state index in [1.54, 1.807) is 24.2 Å². The molecule has 0 aliphatic carbocycles. The van der Waals surface area contributed by atoms with Gasteiger partial charge in [-0.1, -0.05) is 30.3 Å². The van der Waals surface area contributed by atoms with Crippen LogP contribution in [0.4, 0.5) is 0 Å². The number of nitrogens with zero attached hydrogens (tertiary/aromatic N) is 4. The number of fused-ring (bicyclic) bond motifs is 1. The Bertz CT molecular complexity index is 910. The van der Waals surface area contributed by atoms with Gasteiger partial charge in [-0.05, 0) is 11.6 Å². The molecule has 2 aromatic rings. The molecule has 1 aromatic carbocycles. The summed E-state index contributed by atoms with van der Waals surface area (Å²) >= 11 is 0. The van der Waals surface area contributed by atoms with Gasteiger partial charge in [0, 0.05) is 38.9 Å². The van der Waals surface area contributed by atoms with Crippen LogP contribution in [0.15, 0.2) is 42.6 Å². The second-order valence-electron chi connectivity index (χ2n) is 7.01. The Morgan fingerprint density at radius 3 is 2.54 bits per heavy atom. The number of carbonyl (C=O) groups is 1. The lowest BCUT2D eigenvalue weighted by Gasteiger charge is -2.43. The van der Waals surface area contributed by atoms with E-state index in [4.69, 9.17) is 0 Å². The molecular formula is C18H22N4O3S. The molecule has 8 heteroatoms. The second kappa shape index (κ2) is 6.51. The van der Waals surface area contributed by atoms with E-state index in [1.165, 1.54) is 4.68 Å².